The van der Waals surface area contributed by atoms with Crippen molar-refractivity contribution < 1.29 is 38.5 Å². The summed E-state index contributed by atoms with van der Waals surface area (Å²) in [6.45, 7) is 9.79. The molecule has 13 heteroatoms. The zero-order valence-corrected chi connectivity index (χ0v) is 30.8. The van der Waals surface area contributed by atoms with Gasteiger partial charge < -0.3 is 35.3 Å². The number of nitrogens with zero attached hydrogens (tertiary/aromatic N) is 1. The van der Waals surface area contributed by atoms with Crippen molar-refractivity contribution in [2.24, 2.45) is 0 Å². The minimum absolute atomic E-state index is 0.00160. The highest BCUT2D eigenvalue weighted by Crippen LogP contribution is 2.43. The van der Waals surface area contributed by atoms with Crippen LogP contribution >= 0.6 is 11.3 Å². The number of hydrogen-bond acceptors (Lipinski definition) is 10. The number of hydrogen-bond donors (Lipinski definition) is 4. The number of rotatable bonds is 8. The Morgan fingerprint density at radius 2 is 1.71 bits per heavy atom. The second-order valence-corrected chi connectivity index (χ2v) is 15.0. The average Bonchev–Trinajstić information content (AvgIpc) is 3.47. The largest absolute Gasteiger partial charge is 0.493 e. The minimum atomic E-state index is -0.784. The third kappa shape index (κ3) is 7.95. The van der Waals surface area contributed by atoms with Gasteiger partial charge in [0.1, 0.15) is 17.0 Å². The predicted molar refractivity (Wildman–Crippen MR) is 197 cm³/mol. The van der Waals surface area contributed by atoms with Crippen LogP contribution in [0.5, 0.6) is 5.75 Å². The molecule has 6 rings (SSSR count). The Kier molecular flexibility index (Phi) is 10.4. The molecular formula is C39H42N4O8S. The number of aryl methyl sites for hydroxylation is 2. The van der Waals surface area contributed by atoms with Gasteiger partial charge in [-0.1, -0.05) is 12.1 Å². The van der Waals surface area contributed by atoms with Crippen LogP contribution in [0, 0.1) is 13.8 Å². The van der Waals surface area contributed by atoms with E-state index in [1.54, 1.807) is 50.3 Å². The number of pyridine rings is 1. The Hall–Kier alpha value is -5.27. The fourth-order valence-electron chi connectivity index (χ4n) is 6.37. The van der Waals surface area contributed by atoms with Gasteiger partial charge in [-0.15, -0.1) is 11.3 Å². The van der Waals surface area contributed by atoms with Crippen LogP contribution in [0.4, 0.5) is 10.5 Å². The minimum Gasteiger partial charge on any atom is -0.493 e. The molecule has 4 N–H and O–H groups in total. The molecule has 272 valence electrons. The maximum atomic E-state index is 14.4. The summed E-state index contributed by atoms with van der Waals surface area (Å²) >= 11 is 1.55. The van der Waals surface area contributed by atoms with Gasteiger partial charge in [-0.25, -0.2) is 14.6 Å². The van der Waals surface area contributed by atoms with Gasteiger partial charge in [-0.2, -0.15) is 0 Å². The Balaban J connectivity index is 1.38. The quantitative estimate of drug-likeness (QED) is 0.152. The molecule has 12 nitrogen and oxygen atoms in total. The molecule has 1 aliphatic carbocycles. The first-order chi connectivity index (χ1) is 24.7. The van der Waals surface area contributed by atoms with Crippen molar-refractivity contribution in [2.75, 3.05) is 19.0 Å². The second-order valence-electron chi connectivity index (χ2n) is 14.1. The lowest BCUT2D eigenvalue weighted by Crippen LogP contribution is -2.47. The van der Waals surface area contributed by atoms with E-state index in [9.17, 15) is 24.3 Å². The van der Waals surface area contributed by atoms with Gasteiger partial charge in [-0.3, -0.25) is 9.59 Å². The summed E-state index contributed by atoms with van der Waals surface area (Å²) in [6, 6.07) is 12.2. The number of benzene rings is 2. The number of carbonyl (C=O) groups excluding carboxylic acids is 4. The summed E-state index contributed by atoms with van der Waals surface area (Å²) in [5.74, 6) is -1.17. The molecule has 1 fully saturated rings. The number of methoxy groups -OCH3 is 1. The van der Waals surface area contributed by atoms with Gasteiger partial charge in [-0.05, 0) is 105 Å². The maximum absolute atomic E-state index is 14.4. The molecular weight excluding hydrogens is 685 g/mol. The molecule has 52 heavy (non-hydrogen) atoms. The first-order valence-corrected chi connectivity index (χ1v) is 17.9. The molecule has 1 aliphatic heterocycles. The summed E-state index contributed by atoms with van der Waals surface area (Å²) in [4.78, 5) is 58.4. The first-order valence-electron chi connectivity index (χ1n) is 17.0. The van der Waals surface area contributed by atoms with Crippen LogP contribution in [0.1, 0.15) is 87.2 Å². The summed E-state index contributed by atoms with van der Waals surface area (Å²) in [5.41, 5.74) is 4.98. The van der Waals surface area contributed by atoms with Crippen molar-refractivity contribution in [3.05, 3.63) is 87.0 Å². The topological polar surface area (TPSA) is 165 Å². The zero-order chi connectivity index (χ0) is 37.3. The molecule has 0 radical (unpaired) electrons. The normalized spacial score (nSPS) is 16.2. The molecule has 2 aromatic heterocycles. The van der Waals surface area contributed by atoms with E-state index in [2.05, 4.69) is 20.9 Å². The Labute approximate surface area is 305 Å². The number of anilines is 1. The highest BCUT2D eigenvalue weighted by atomic mass is 32.1. The maximum Gasteiger partial charge on any atom is 0.407 e. The predicted octanol–water partition coefficient (Wildman–Crippen LogP) is 6.35. The standard InChI is InChI=1S/C39H42N4O8S/c1-20-13-22(19-40-38(48)51-39(3,4)5)14-21(2)32(20)43-35(45)28-17-29-31(50-11-9-23-10-12-52-34(23)29)18-27(28)26-7-8-30(42-33(26)37(47)49-6)36(46)41-24-15-25(44)16-24/h7-8,10,12-14,17-18,24-25,44H,9,11,15-16,19H2,1-6H3,(H,40,48)(H,41,46)(H,43,45). The molecule has 0 atom stereocenters. The molecule has 3 heterocycles. The number of thiophene rings is 1. The van der Waals surface area contributed by atoms with Crippen LogP contribution in [0.3, 0.4) is 0 Å². The summed E-state index contributed by atoms with van der Waals surface area (Å²) < 4.78 is 16.6. The van der Waals surface area contributed by atoms with Crippen molar-refractivity contribution in [1.82, 2.24) is 15.6 Å². The number of ether oxygens (including phenoxy) is 3. The van der Waals surface area contributed by atoms with Gasteiger partial charge in [0.15, 0.2) is 5.69 Å². The molecule has 0 bridgehead atoms. The van der Waals surface area contributed by atoms with Crippen LogP contribution in [0.25, 0.3) is 21.6 Å². The third-order valence-electron chi connectivity index (χ3n) is 8.90. The second kappa shape index (κ2) is 14.8. The van der Waals surface area contributed by atoms with Crippen LogP contribution < -0.4 is 20.7 Å². The van der Waals surface area contributed by atoms with E-state index in [1.165, 1.54) is 13.2 Å². The lowest BCUT2D eigenvalue weighted by molar-refractivity contribution is 0.0519. The van der Waals surface area contributed by atoms with Crippen LogP contribution in [0.2, 0.25) is 0 Å². The number of nitrogens with one attached hydrogen (secondary N) is 3. The molecule has 0 unspecified atom stereocenters. The number of aliphatic hydroxyl groups is 1. The lowest BCUT2D eigenvalue weighted by atomic mass is 9.89. The molecule has 2 aliphatic rings. The smallest absolute Gasteiger partial charge is 0.407 e. The summed E-state index contributed by atoms with van der Waals surface area (Å²) in [6.07, 6.45) is 0.592. The average molecular weight is 727 g/mol. The van der Waals surface area contributed by atoms with Gasteiger partial charge in [0, 0.05) is 51.8 Å². The van der Waals surface area contributed by atoms with Crippen molar-refractivity contribution in [3.8, 4) is 27.3 Å². The number of aromatic nitrogens is 1. The molecule has 0 spiro atoms. The highest BCUT2D eigenvalue weighted by Gasteiger charge is 2.31. The fraction of sp³-hybridized carbons (Fsp3) is 0.359. The fourth-order valence-corrected chi connectivity index (χ4v) is 7.35. The number of alkyl carbamates (subject to hydrolysis) is 1. The van der Waals surface area contributed by atoms with E-state index in [0.29, 0.717) is 42.9 Å². The van der Waals surface area contributed by atoms with E-state index in [-0.39, 0.29) is 35.1 Å². The van der Waals surface area contributed by atoms with Crippen molar-refractivity contribution in [3.63, 3.8) is 0 Å². The number of esters is 1. The number of carbonyl (C=O) groups is 4. The number of amides is 3. The van der Waals surface area contributed by atoms with Gasteiger partial charge in [0.2, 0.25) is 0 Å². The van der Waals surface area contributed by atoms with Crippen molar-refractivity contribution in [2.45, 2.75) is 78.2 Å². The van der Waals surface area contributed by atoms with E-state index in [4.69, 9.17) is 14.2 Å². The zero-order valence-electron chi connectivity index (χ0n) is 30.0. The Bertz CT molecular complexity index is 2040. The Morgan fingerprint density at radius 1 is 0.981 bits per heavy atom. The Morgan fingerprint density at radius 3 is 2.38 bits per heavy atom. The molecule has 4 aromatic rings. The number of fused-ring (bicyclic) bond motifs is 3. The molecule has 2 aromatic carbocycles. The van der Waals surface area contributed by atoms with Gasteiger partial charge in [0.05, 0.1) is 19.8 Å². The van der Waals surface area contributed by atoms with E-state index < -0.39 is 35.6 Å². The van der Waals surface area contributed by atoms with Crippen molar-refractivity contribution >= 4 is 40.9 Å². The molecule has 0 saturated heterocycles. The van der Waals surface area contributed by atoms with Crippen LogP contribution in [0.15, 0.2) is 47.8 Å². The monoisotopic (exact) mass is 726 g/mol. The van der Waals surface area contributed by atoms with E-state index in [1.807, 2.05) is 37.4 Å². The third-order valence-corrected chi connectivity index (χ3v) is 9.89. The highest BCUT2D eigenvalue weighted by molar-refractivity contribution is 7.13. The SMILES string of the molecule is COC(=O)c1nc(C(=O)NC2CC(O)C2)ccc1-c1cc2c(cc1C(=O)Nc1c(C)cc(CNC(=O)OC(C)(C)C)cc1C)-c1sccc1CCO2. The number of aliphatic hydroxyl groups excluding tert-OH is 1. The lowest BCUT2D eigenvalue weighted by Gasteiger charge is -2.31. The summed E-state index contributed by atoms with van der Waals surface area (Å²) in [7, 11) is 1.22. The van der Waals surface area contributed by atoms with Crippen LogP contribution in [-0.2, 0) is 22.4 Å². The van der Waals surface area contributed by atoms with E-state index >= 15 is 0 Å². The van der Waals surface area contributed by atoms with Gasteiger partial charge in [0.25, 0.3) is 11.8 Å². The molecule has 3 amide bonds. The van der Waals surface area contributed by atoms with E-state index in [0.717, 1.165) is 32.7 Å². The first kappa shape index (κ1) is 36.5. The van der Waals surface area contributed by atoms with Gasteiger partial charge >= 0.3 is 12.1 Å². The molecule has 1 saturated carbocycles. The van der Waals surface area contributed by atoms with Crippen LogP contribution in [-0.4, -0.2) is 65.4 Å². The van der Waals surface area contributed by atoms with Crippen molar-refractivity contribution in [1.29, 1.82) is 0 Å². The summed E-state index contributed by atoms with van der Waals surface area (Å²) in [5, 5.41) is 20.3.